The normalized spacial score (nSPS) is 11.6. The summed E-state index contributed by atoms with van der Waals surface area (Å²) in [6, 6.07) is 0. The highest BCUT2D eigenvalue weighted by atomic mass is 16.6. The van der Waals surface area contributed by atoms with E-state index >= 15 is 0 Å². The van der Waals surface area contributed by atoms with Crippen molar-refractivity contribution in [3.05, 3.63) is 15.9 Å². The number of nitrogens with one attached hydrogen (secondary N) is 1. The van der Waals surface area contributed by atoms with Crippen molar-refractivity contribution in [1.82, 2.24) is 9.55 Å². The summed E-state index contributed by atoms with van der Waals surface area (Å²) < 4.78 is 1.70. The first-order valence-corrected chi connectivity index (χ1v) is 5.24. The number of aryl methyl sites for hydroxylation is 1. The molecule has 0 unspecified atom stereocenters. The number of hydrogen-bond donors (Lipinski definition) is 1. The zero-order chi connectivity index (χ0) is 12.5. The molecule has 1 heterocycles. The van der Waals surface area contributed by atoms with E-state index in [2.05, 4.69) is 10.3 Å². The third-order valence-corrected chi connectivity index (χ3v) is 2.81. The Bertz CT molecular complexity index is 409. The van der Waals surface area contributed by atoms with Gasteiger partial charge in [0.1, 0.15) is 0 Å². The second kappa shape index (κ2) is 4.11. The molecule has 0 bridgehead atoms. The summed E-state index contributed by atoms with van der Waals surface area (Å²) >= 11 is 0. The molecule has 90 valence electrons. The molecular weight excluding hydrogens is 208 g/mol. The van der Waals surface area contributed by atoms with Gasteiger partial charge in [0.15, 0.2) is 0 Å². The lowest BCUT2D eigenvalue weighted by Gasteiger charge is -2.25. The molecule has 0 aliphatic carbocycles. The molecule has 0 saturated heterocycles. The second-order valence-electron chi connectivity index (χ2n) is 4.51. The number of aromatic nitrogens is 2. The molecule has 0 aliphatic rings. The lowest BCUT2D eigenvalue weighted by atomic mass is 10.0. The third-order valence-electron chi connectivity index (χ3n) is 2.81. The fourth-order valence-corrected chi connectivity index (χ4v) is 1.27. The Hall–Kier alpha value is -1.59. The average molecular weight is 226 g/mol. The zero-order valence-electron chi connectivity index (χ0n) is 10.4. The van der Waals surface area contributed by atoms with Crippen LogP contribution in [0.2, 0.25) is 0 Å². The number of anilines is 1. The molecule has 6 nitrogen and oxygen atoms in total. The van der Waals surface area contributed by atoms with Gasteiger partial charge in [-0.15, -0.1) is 0 Å². The quantitative estimate of drug-likeness (QED) is 0.631. The average Bonchev–Trinajstić information content (AvgIpc) is 2.46. The maximum atomic E-state index is 10.9. The van der Waals surface area contributed by atoms with E-state index in [-0.39, 0.29) is 11.4 Å². The minimum atomic E-state index is -0.457. The first-order valence-electron chi connectivity index (χ1n) is 5.24. The standard InChI is InChI=1S/C10H18N4O2/c1-6-10(3,4)12-9-8(14(15)16)11-7(2)13(9)5/h12H,6H2,1-5H3. The summed E-state index contributed by atoms with van der Waals surface area (Å²) in [5.74, 6) is 0.983. The molecule has 1 N–H and O–H groups in total. The lowest BCUT2D eigenvalue weighted by molar-refractivity contribution is -0.388. The van der Waals surface area contributed by atoms with Crippen LogP contribution in [0, 0.1) is 17.0 Å². The van der Waals surface area contributed by atoms with Crippen molar-refractivity contribution in [1.29, 1.82) is 0 Å². The lowest BCUT2D eigenvalue weighted by Crippen LogP contribution is -2.31. The molecular formula is C10H18N4O2. The summed E-state index contributed by atoms with van der Waals surface area (Å²) in [7, 11) is 1.77. The number of hydrogen-bond acceptors (Lipinski definition) is 4. The molecule has 0 fully saturated rings. The molecule has 0 amide bonds. The van der Waals surface area contributed by atoms with Crippen molar-refractivity contribution in [2.24, 2.45) is 7.05 Å². The Morgan fingerprint density at radius 1 is 1.56 bits per heavy atom. The van der Waals surface area contributed by atoms with Crippen molar-refractivity contribution in [2.45, 2.75) is 39.7 Å². The van der Waals surface area contributed by atoms with Crippen LogP contribution in [0.25, 0.3) is 0 Å². The van der Waals surface area contributed by atoms with Gasteiger partial charge in [-0.1, -0.05) is 6.92 Å². The Morgan fingerprint density at radius 3 is 2.56 bits per heavy atom. The summed E-state index contributed by atoms with van der Waals surface area (Å²) in [5, 5.41) is 14.0. The van der Waals surface area contributed by atoms with E-state index in [0.29, 0.717) is 11.6 Å². The van der Waals surface area contributed by atoms with Crippen molar-refractivity contribution in [2.75, 3.05) is 5.32 Å². The number of imidazole rings is 1. The van der Waals surface area contributed by atoms with E-state index in [4.69, 9.17) is 0 Å². The number of rotatable bonds is 4. The molecule has 6 heteroatoms. The van der Waals surface area contributed by atoms with E-state index in [0.717, 1.165) is 6.42 Å². The van der Waals surface area contributed by atoms with E-state index in [1.54, 1.807) is 18.5 Å². The molecule has 0 spiro atoms. The van der Waals surface area contributed by atoms with Crippen molar-refractivity contribution in [3.63, 3.8) is 0 Å². The Balaban J connectivity index is 3.16. The summed E-state index contributed by atoms with van der Waals surface area (Å²) in [6.07, 6.45) is 0.869. The first-order chi connectivity index (χ1) is 7.28. The Kier molecular flexibility index (Phi) is 3.21. The van der Waals surface area contributed by atoms with Crippen LogP contribution >= 0.6 is 0 Å². The van der Waals surface area contributed by atoms with Gasteiger partial charge in [0, 0.05) is 19.5 Å². The fourth-order valence-electron chi connectivity index (χ4n) is 1.27. The van der Waals surface area contributed by atoms with E-state index in [1.165, 1.54) is 0 Å². The Morgan fingerprint density at radius 2 is 2.12 bits per heavy atom. The molecule has 0 saturated carbocycles. The van der Waals surface area contributed by atoms with Crippen molar-refractivity contribution in [3.8, 4) is 0 Å². The van der Waals surface area contributed by atoms with Gasteiger partial charge in [-0.25, -0.2) is 0 Å². The maximum absolute atomic E-state index is 10.9. The van der Waals surface area contributed by atoms with Crippen LogP contribution in [0.4, 0.5) is 11.6 Å². The molecule has 0 radical (unpaired) electrons. The van der Waals surface area contributed by atoms with Crippen LogP contribution in [0.15, 0.2) is 0 Å². The van der Waals surface area contributed by atoms with Gasteiger partial charge in [-0.3, -0.25) is 4.57 Å². The monoisotopic (exact) mass is 226 g/mol. The van der Waals surface area contributed by atoms with Gasteiger partial charge in [0.05, 0.1) is 0 Å². The largest absolute Gasteiger partial charge is 0.406 e. The fraction of sp³-hybridized carbons (Fsp3) is 0.700. The maximum Gasteiger partial charge on any atom is 0.406 e. The molecule has 1 aromatic rings. The van der Waals surface area contributed by atoms with Crippen LogP contribution in [0.1, 0.15) is 33.0 Å². The summed E-state index contributed by atoms with van der Waals surface area (Å²) in [4.78, 5) is 14.3. The highest BCUT2D eigenvalue weighted by Crippen LogP contribution is 2.27. The highest BCUT2D eigenvalue weighted by molar-refractivity contribution is 5.54. The smallest absolute Gasteiger partial charge is 0.359 e. The van der Waals surface area contributed by atoms with E-state index in [1.807, 2.05) is 20.8 Å². The van der Waals surface area contributed by atoms with Gasteiger partial charge in [-0.2, -0.15) is 0 Å². The number of nitrogens with zero attached hydrogens (tertiary/aromatic N) is 3. The molecule has 1 aromatic heterocycles. The molecule has 0 atom stereocenters. The van der Waals surface area contributed by atoms with Gasteiger partial charge < -0.3 is 15.4 Å². The topological polar surface area (TPSA) is 73.0 Å². The van der Waals surface area contributed by atoms with Gasteiger partial charge in [0.25, 0.3) is 0 Å². The Labute approximate surface area is 94.8 Å². The molecule has 0 aliphatic heterocycles. The molecule has 16 heavy (non-hydrogen) atoms. The van der Waals surface area contributed by atoms with Crippen molar-refractivity contribution < 1.29 is 4.92 Å². The van der Waals surface area contributed by atoms with Crippen LogP contribution in [-0.2, 0) is 7.05 Å². The van der Waals surface area contributed by atoms with Crippen LogP contribution in [0.3, 0.4) is 0 Å². The predicted octanol–water partition coefficient (Wildman–Crippen LogP) is 2.24. The third kappa shape index (κ3) is 2.32. The predicted molar refractivity (Wildman–Crippen MR) is 62.6 cm³/mol. The van der Waals surface area contributed by atoms with Crippen LogP contribution in [0.5, 0.6) is 0 Å². The minimum absolute atomic E-state index is 0.110. The second-order valence-corrected chi connectivity index (χ2v) is 4.51. The first kappa shape index (κ1) is 12.5. The van der Waals surface area contributed by atoms with Gasteiger partial charge >= 0.3 is 5.82 Å². The molecule has 0 aromatic carbocycles. The molecule has 1 rings (SSSR count). The van der Waals surface area contributed by atoms with E-state index in [9.17, 15) is 10.1 Å². The zero-order valence-corrected chi connectivity index (χ0v) is 10.4. The van der Waals surface area contributed by atoms with Gasteiger partial charge in [0.2, 0.25) is 11.6 Å². The minimum Gasteiger partial charge on any atom is -0.359 e. The van der Waals surface area contributed by atoms with Crippen LogP contribution in [-0.4, -0.2) is 20.0 Å². The van der Waals surface area contributed by atoms with Crippen molar-refractivity contribution >= 4 is 11.6 Å². The number of nitro groups is 1. The SMILES string of the molecule is CCC(C)(C)Nc1c([N+](=O)[O-])nc(C)n1C. The summed E-state index contributed by atoms with van der Waals surface area (Å²) in [5.41, 5.74) is -0.189. The van der Waals surface area contributed by atoms with Crippen LogP contribution < -0.4 is 5.32 Å². The summed E-state index contributed by atoms with van der Waals surface area (Å²) in [6.45, 7) is 7.78. The van der Waals surface area contributed by atoms with E-state index < -0.39 is 4.92 Å². The highest BCUT2D eigenvalue weighted by Gasteiger charge is 2.27. The van der Waals surface area contributed by atoms with Gasteiger partial charge in [-0.05, 0) is 30.2 Å².